The molecule has 10 heteroatoms. The lowest BCUT2D eigenvalue weighted by molar-refractivity contribution is 0.0972. The summed E-state index contributed by atoms with van der Waals surface area (Å²) in [6, 6.07) is 6.92. The van der Waals surface area contributed by atoms with Crippen LogP contribution < -0.4 is 30.6 Å². The maximum atomic E-state index is 11.1. The van der Waals surface area contributed by atoms with E-state index >= 15 is 0 Å². The van der Waals surface area contributed by atoms with Gasteiger partial charge in [-0.25, -0.2) is 0 Å². The first-order valence-corrected chi connectivity index (χ1v) is 8.14. The molecule has 9 nitrogen and oxygen atoms in total. The molecule has 1 amide bonds. The van der Waals surface area contributed by atoms with Gasteiger partial charge in [0.15, 0.2) is 23.2 Å². The molecule has 0 saturated heterocycles. The number of nitrogens with one attached hydrogen (secondary N) is 2. The molecule has 1 aromatic heterocycles. The van der Waals surface area contributed by atoms with Crippen molar-refractivity contribution in [1.82, 2.24) is 10.6 Å². The molecule has 154 valence electrons. The summed E-state index contributed by atoms with van der Waals surface area (Å²) < 4.78 is 21.3. The third-order valence-electron chi connectivity index (χ3n) is 3.74. The minimum atomic E-state index is -0.605. The number of rotatable bonds is 8. The van der Waals surface area contributed by atoms with E-state index in [0.29, 0.717) is 42.1 Å². The third-order valence-corrected chi connectivity index (χ3v) is 3.74. The summed E-state index contributed by atoms with van der Waals surface area (Å²) in [6.45, 7) is 0.823. The number of methoxy groups -OCH3 is 3. The van der Waals surface area contributed by atoms with E-state index in [9.17, 15) is 4.79 Å². The predicted molar refractivity (Wildman–Crippen MR) is 116 cm³/mol. The Morgan fingerprint density at radius 2 is 1.68 bits per heavy atom. The number of hydrogen-bond donors (Lipinski definition) is 3. The van der Waals surface area contributed by atoms with Crippen molar-refractivity contribution < 1.29 is 23.4 Å². The van der Waals surface area contributed by atoms with Gasteiger partial charge in [0, 0.05) is 13.6 Å². The van der Waals surface area contributed by atoms with E-state index in [2.05, 4.69) is 15.6 Å². The van der Waals surface area contributed by atoms with Gasteiger partial charge in [-0.2, -0.15) is 0 Å². The van der Waals surface area contributed by atoms with Crippen LogP contribution in [0.4, 0.5) is 0 Å². The zero-order chi connectivity index (χ0) is 19.8. The number of ether oxygens (including phenoxy) is 3. The lowest BCUT2D eigenvalue weighted by atomic mass is 10.2. The van der Waals surface area contributed by atoms with E-state index in [4.69, 9.17) is 24.4 Å². The molecule has 0 saturated carbocycles. The molecule has 0 atom stereocenters. The smallest absolute Gasteiger partial charge is 0.284 e. The van der Waals surface area contributed by atoms with Crippen LogP contribution in [0.15, 0.2) is 33.7 Å². The van der Waals surface area contributed by atoms with Gasteiger partial charge < -0.3 is 35.0 Å². The summed E-state index contributed by atoms with van der Waals surface area (Å²) in [7, 11) is 6.35. The summed E-state index contributed by atoms with van der Waals surface area (Å²) in [5.41, 5.74) is 6.09. The summed E-state index contributed by atoms with van der Waals surface area (Å²) in [5, 5.41) is 6.27. The van der Waals surface area contributed by atoms with Gasteiger partial charge in [0.2, 0.25) is 5.75 Å². The number of furan rings is 1. The topological polar surface area (TPSA) is 120 Å². The second-order valence-electron chi connectivity index (χ2n) is 5.44. The van der Waals surface area contributed by atoms with E-state index in [1.165, 1.54) is 6.07 Å². The monoisotopic (exact) mass is 504 g/mol. The standard InChI is InChI=1S/C18H24N4O5.HI/c1-20-18(22-10-12-5-6-13(27-12)17(19)23)21-9-11-7-14(24-2)16(26-4)15(8-11)25-3;/h5-8H,9-10H2,1-4H3,(H2,19,23)(H2,20,21,22);1H. The van der Waals surface area contributed by atoms with E-state index in [0.717, 1.165) is 5.56 Å². The summed E-state index contributed by atoms with van der Waals surface area (Å²) >= 11 is 0. The molecule has 0 fully saturated rings. The summed E-state index contributed by atoms with van der Waals surface area (Å²) in [5.74, 6) is 2.32. The Bertz CT molecular complexity index is 797. The fraction of sp³-hybridized carbons (Fsp3) is 0.333. The molecule has 1 heterocycles. The average Bonchev–Trinajstić information content (AvgIpc) is 3.16. The SMILES string of the molecule is CN=C(NCc1cc(OC)c(OC)c(OC)c1)NCc1ccc(C(N)=O)o1.I. The Morgan fingerprint density at radius 1 is 1.07 bits per heavy atom. The van der Waals surface area contributed by atoms with E-state index in [-0.39, 0.29) is 29.7 Å². The quantitative estimate of drug-likeness (QED) is 0.285. The molecule has 0 radical (unpaired) electrons. The van der Waals surface area contributed by atoms with Gasteiger partial charge in [0.1, 0.15) is 5.76 Å². The zero-order valence-corrected chi connectivity index (χ0v) is 18.5. The molecular formula is C18H25IN4O5. The van der Waals surface area contributed by atoms with Gasteiger partial charge in [0.05, 0.1) is 27.9 Å². The van der Waals surface area contributed by atoms with Crippen molar-refractivity contribution in [3.8, 4) is 17.2 Å². The van der Waals surface area contributed by atoms with E-state index < -0.39 is 5.91 Å². The molecule has 0 bridgehead atoms. The van der Waals surface area contributed by atoms with Crippen LogP contribution in [0.2, 0.25) is 0 Å². The van der Waals surface area contributed by atoms with Gasteiger partial charge in [-0.15, -0.1) is 24.0 Å². The number of amides is 1. The maximum Gasteiger partial charge on any atom is 0.284 e. The molecule has 0 aliphatic rings. The Kier molecular flexibility index (Phi) is 9.42. The number of benzene rings is 1. The molecule has 0 aliphatic heterocycles. The number of carbonyl (C=O) groups excluding carboxylic acids is 1. The first-order valence-electron chi connectivity index (χ1n) is 8.14. The lowest BCUT2D eigenvalue weighted by Gasteiger charge is -2.15. The van der Waals surface area contributed by atoms with Gasteiger partial charge in [-0.05, 0) is 29.8 Å². The van der Waals surface area contributed by atoms with Gasteiger partial charge in [-0.1, -0.05) is 0 Å². The number of halogens is 1. The molecule has 0 unspecified atom stereocenters. The fourth-order valence-electron chi connectivity index (χ4n) is 2.42. The number of carbonyl (C=O) groups is 1. The van der Waals surface area contributed by atoms with Crippen LogP contribution in [0.3, 0.4) is 0 Å². The van der Waals surface area contributed by atoms with Crippen LogP contribution >= 0.6 is 24.0 Å². The lowest BCUT2D eigenvalue weighted by Crippen LogP contribution is -2.36. The van der Waals surface area contributed by atoms with Crippen molar-refractivity contribution in [2.75, 3.05) is 28.4 Å². The molecule has 4 N–H and O–H groups in total. The van der Waals surface area contributed by atoms with Crippen LogP contribution in [0.1, 0.15) is 21.9 Å². The largest absolute Gasteiger partial charge is 0.493 e. The Labute approximate surface area is 180 Å². The van der Waals surface area contributed by atoms with Gasteiger partial charge in [0.25, 0.3) is 5.91 Å². The second-order valence-corrected chi connectivity index (χ2v) is 5.44. The van der Waals surface area contributed by atoms with E-state index in [1.807, 2.05) is 12.1 Å². The van der Waals surface area contributed by atoms with Crippen molar-refractivity contribution >= 4 is 35.8 Å². The Hall–Kier alpha value is -2.63. The summed E-state index contributed by atoms with van der Waals surface area (Å²) in [6.07, 6.45) is 0. The van der Waals surface area contributed by atoms with Crippen LogP contribution in [0.25, 0.3) is 0 Å². The Balaban J connectivity index is 0.00000392. The Morgan fingerprint density at radius 3 is 2.14 bits per heavy atom. The average molecular weight is 504 g/mol. The fourth-order valence-corrected chi connectivity index (χ4v) is 2.42. The first-order chi connectivity index (χ1) is 13.0. The van der Waals surface area contributed by atoms with Crippen LogP contribution in [-0.2, 0) is 13.1 Å². The van der Waals surface area contributed by atoms with Gasteiger partial charge >= 0.3 is 0 Å². The highest BCUT2D eigenvalue weighted by Crippen LogP contribution is 2.38. The molecule has 28 heavy (non-hydrogen) atoms. The molecular weight excluding hydrogens is 479 g/mol. The number of aliphatic imine (C=N–C) groups is 1. The van der Waals surface area contributed by atoms with Crippen LogP contribution in [0, 0.1) is 0 Å². The highest BCUT2D eigenvalue weighted by atomic mass is 127. The van der Waals surface area contributed by atoms with Crippen molar-refractivity contribution in [3.05, 3.63) is 41.3 Å². The van der Waals surface area contributed by atoms with Crippen molar-refractivity contribution in [3.63, 3.8) is 0 Å². The number of guanidine groups is 1. The number of hydrogen-bond acceptors (Lipinski definition) is 6. The number of nitrogens with two attached hydrogens (primary N) is 1. The highest BCUT2D eigenvalue weighted by molar-refractivity contribution is 14.0. The molecule has 0 spiro atoms. The highest BCUT2D eigenvalue weighted by Gasteiger charge is 2.13. The zero-order valence-electron chi connectivity index (χ0n) is 16.2. The van der Waals surface area contributed by atoms with Crippen molar-refractivity contribution in [2.24, 2.45) is 10.7 Å². The molecule has 0 aliphatic carbocycles. The minimum absolute atomic E-state index is 0. The normalized spacial score (nSPS) is 10.6. The van der Waals surface area contributed by atoms with Gasteiger partial charge in [-0.3, -0.25) is 9.79 Å². The number of nitrogens with zero attached hydrogens (tertiary/aromatic N) is 1. The minimum Gasteiger partial charge on any atom is -0.493 e. The third kappa shape index (κ3) is 5.94. The summed E-state index contributed by atoms with van der Waals surface area (Å²) in [4.78, 5) is 15.2. The maximum absolute atomic E-state index is 11.1. The predicted octanol–water partition coefficient (Wildman–Crippen LogP) is 1.89. The van der Waals surface area contributed by atoms with E-state index in [1.54, 1.807) is 34.4 Å². The van der Waals surface area contributed by atoms with Crippen molar-refractivity contribution in [2.45, 2.75) is 13.1 Å². The van der Waals surface area contributed by atoms with Crippen LogP contribution in [-0.4, -0.2) is 40.2 Å². The first kappa shape index (κ1) is 23.4. The molecule has 2 aromatic rings. The molecule has 2 rings (SSSR count). The van der Waals surface area contributed by atoms with Crippen LogP contribution in [0.5, 0.6) is 17.2 Å². The second kappa shape index (κ2) is 11.3. The number of primary amides is 1. The molecule has 1 aromatic carbocycles. The van der Waals surface area contributed by atoms with Crippen molar-refractivity contribution in [1.29, 1.82) is 0 Å².